The smallest absolute Gasteiger partial charge is 0.394 e. The van der Waals surface area contributed by atoms with Crippen LogP contribution in [0, 0.1) is 0 Å². The first-order chi connectivity index (χ1) is 24.2. The second kappa shape index (κ2) is 29.3. The molecule has 11 heteroatoms. The van der Waals surface area contributed by atoms with Crippen molar-refractivity contribution in [2.75, 3.05) is 13.2 Å². The van der Waals surface area contributed by atoms with Gasteiger partial charge in [-0.2, -0.15) is 0 Å². The van der Waals surface area contributed by atoms with Crippen LogP contribution in [-0.2, 0) is 4.57 Å². The molecule has 298 valence electrons. The first-order valence-corrected chi connectivity index (χ1v) is 22.7. The monoisotopic (exact) mass is 734 g/mol. The second-order valence-corrected chi connectivity index (χ2v) is 17.1. The Kier molecular flexibility index (Phi) is 26.9. The maximum atomic E-state index is 8.88. The highest BCUT2D eigenvalue weighted by molar-refractivity contribution is 7.45. The molecule has 0 aromatic rings. The van der Waals surface area contributed by atoms with E-state index in [2.05, 4.69) is 16.0 Å². The van der Waals surface area contributed by atoms with E-state index in [1.807, 2.05) is 0 Å². The van der Waals surface area contributed by atoms with Gasteiger partial charge in [-0.25, -0.2) is 4.57 Å². The molecule has 6 aliphatic rings. The van der Waals surface area contributed by atoms with Crippen LogP contribution in [0.4, 0.5) is 0 Å². The van der Waals surface area contributed by atoms with Gasteiger partial charge in [-0.15, -0.1) is 0 Å². The van der Waals surface area contributed by atoms with E-state index in [1.54, 1.807) is 0 Å². The van der Waals surface area contributed by atoms with Crippen molar-refractivity contribution in [3.05, 3.63) is 0 Å². The average molecular weight is 734 g/mol. The topological polar surface area (TPSA) is 175 Å². The fourth-order valence-electron chi connectivity index (χ4n) is 8.67. The minimum absolute atomic E-state index is 0.365. The quantitative estimate of drug-likeness (QED) is 0.117. The van der Waals surface area contributed by atoms with Crippen LogP contribution in [-0.4, -0.2) is 85.6 Å². The van der Waals surface area contributed by atoms with Crippen molar-refractivity contribution in [3.8, 4) is 0 Å². The van der Waals surface area contributed by atoms with Crippen molar-refractivity contribution in [1.29, 1.82) is 0 Å². The van der Waals surface area contributed by atoms with Gasteiger partial charge in [-0.1, -0.05) is 116 Å². The predicted octanol–water partition coefficient (Wildman–Crippen LogP) is 7.13. The lowest BCUT2D eigenvalue weighted by atomic mass is 9.91. The highest BCUT2D eigenvalue weighted by Gasteiger charge is 2.21. The van der Waals surface area contributed by atoms with Crippen LogP contribution in [0.25, 0.3) is 0 Å². The van der Waals surface area contributed by atoms with Gasteiger partial charge < -0.3 is 46.0 Å². The zero-order valence-corrected chi connectivity index (χ0v) is 32.6. The summed E-state index contributed by atoms with van der Waals surface area (Å²) in [6.07, 6.45) is 42.7. The Morgan fingerprint density at radius 3 is 0.620 bits per heavy atom. The van der Waals surface area contributed by atoms with Crippen LogP contribution in [0.3, 0.4) is 0 Å². The van der Waals surface area contributed by atoms with Crippen molar-refractivity contribution in [3.63, 3.8) is 0 Å². The SMILES string of the molecule is C1CCC(NC2CCCCC2)CC1.C1CCC(NC2CCCCC2)CC1.C1CCC(NC2CCCCC2)CC1.O=P(O)(O)O.OCC(O)CO. The lowest BCUT2D eigenvalue weighted by molar-refractivity contribution is 0.0450. The third-order valence-electron chi connectivity index (χ3n) is 11.5. The summed E-state index contributed by atoms with van der Waals surface area (Å²) in [6.45, 7) is -0.729. The highest BCUT2D eigenvalue weighted by Crippen LogP contribution is 2.26. The molecule has 6 rings (SSSR count). The minimum Gasteiger partial charge on any atom is -0.394 e. The fourth-order valence-corrected chi connectivity index (χ4v) is 8.67. The maximum Gasteiger partial charge on any atom is 0.466 e. The molecule has 6 aliphatic carbocycles. The van der Waals surface area contributed by atoms with Gasteiger partial charge in [0.15, 0.2) is 0 Å². The van der Waals surface area contributed by atoms with E-state index in [0.717, 1.165) is 36.3 Å². The van der Waals surface area contributed by atoms with E-state index in [4.69, 9.17) is 34.6 Å². The summed E-state index contributed by atoms with van der Waals surface area (Å²) >= 11 is 0. The Morgan fingerprint density at radius 2 is 0.520 bits per heavy atom. The molecule has 0 amide bonds. The predicted molar refractivity (Wildman–Crippen MR) is 205 cm³/mol. The van der Waals surface area contributed by atoms with E-state index in [0.29, 0.717) is 0 Å². The lowest BCUT2D eigenvalue weighted by Crippen LogP contribution is -2.40. The van der Waals surface area contributed by atoms with E-state index < -0.39 is 13.9 Å². The highest BCUT2D eigenvalue weighted by atomic mass is 31.2. The van der Waals surface area contributed by atoms with Crippen LogP contribution in [0.1, 0.15) is 193 Å². The summed E-state index contributed by atoms with van der Waals surface area (Å²) in [5, 5.41) is 35.6. The Hall–Kier alpha value is -0.130. The van der Waals surface area contributed by atoms with Gasteiger partial charge in [-0.3, -0.25) is 0 Å². The first-order valence-electron chi connectivity index (χ1n) is 21.1. The zero-order valence-electron chi connectivity index (χ0n) is 31.7. The molecular weight excluding hydrogens is 653 g/mol. The van der Waals surface area contributed by atoms with Crippen molar-refractivity contribution in [2.45, 2.75) is 235 Å². The van der Waals surface area contributed by atoms with Crippen LogP contribution in [0.15, 0.2) is 0 Å². The molecule has 0 bridgehead atoms. The first kappa shape index (κ1) is 46.0. The number of nitrogens with one attached hydrogen (secondary N) is 3. The fraction of sp³-hybridized carbons (Fsp3) is 1.00. The minimum atomic E-state index is -4.64. The Balaban J connectivity index is 0.000000227. The molecule has 0 aromatic heterocycles. The molecule has 0 spiro atoms. The molecule has 6 fully saturated rings. The summed E-state index contributed by atoms with van der Waals surface area (Å²) in [5.74, 6) is 0. The Bertz CT molecular complexity index is 660. The number of rotatable bonds is 8. The summed E-state index contributed by atoms with van der Waals surface area (Å²) in [5.41, 5.74) is 0. The molecule has 0 radical (unpaired) electrons. The van der Waals surface area contributed by atoms with Gasteiger partial charge in [0.1, 0.15) is 6.10 Å². The van der Waals surface area contributed by atoms with Crippen molar-refractivity contribution >= 4 is 7.82 Å². The van der Waals surface area contributed by atoms with Crippen molar-refractivity contribution in [1.82, 2.24) is 16.0 Å². The zero-order chi connectivity index (χ0) is 36.3. The van der Waals surface area contributed by atoms with E-state index in [9.17, 15) is 0 Å². The normalized spacial score (nSPS) is 24.0. The molecule has 50 heavy (non-hydrogen) atoms. The van der Waals surface area contributed by atoms with Crippen LogP contribution in [0.2, 0.25) is 0 Å². The number of hydrogen-bond acceptors (Lipinski definition) is 7. The number of phosphoric acid groups is 1. The van der Waals surface area contributed by atoms with Gasteiger partial charge in [-0.05, 0) is 77.0 Å². The van der Waals surface area contributed by atoms with Gasteiger partial charge in [0.25, 0.3) is 0 Å². The molecule has 0 unspecified atom stereocenters. The molecule has 9 N–H and O–H groups in total. The summed E-state index contributed by atoms with van der Waals surface area (Å²) < 4.78 is 8.88. The van der Waals surface area contributed by atoms with Gasteiger partial charge in [0, 0.05) is 36.3 Å². The van der Waals surface area contributed by atoms with Crippen molar-refractivity contribution < 1.29 is 34.6 Å². The van der Waals surface area contributed by atoms with E-state index in [1.165, 1.54) is 193 Å². The molecule has 0 saturated heterocycles. The van der Waals surface area contributed by atoms with E-state index >= 15 is 0 Å². The van der Waals surface area contributed by atoms with Crippen LogP contribution in [0.5, 0.6) is 0 Å². The summed E-state index contributed by atoms with van der Waals surface area (Å²) in [4.78, 5) is 21.6. The number of aliphatic hydroxyl groups is 3. The second-order valence-electron chi connectivity index (χ2n) is 16.0. The molecule has 0 atom stereocenters. The molecule has 0 aromatic carbocycles. The van der Waals surface area contributed by atoms with Crippen LogP contribution >= 0.6 is 7.82 Å². The van der Waals surface area contributed by atoms with Gasteiger partial charge in [0.05, 0.1) is 13.2 Å². The summed E-state index contributed by atoms with van der Waals surface area (Å²) in [7, 11) is -4.64. The maximum absolute atomic E-state index is 8.88. The Morgan fingerprint density at radius 1 is 0.380 bits per heavy atom. The van der Waals surface area contributed by atoms with Gasteiger partial charge >= 0.3 is 7.82 Å². The van der Waals surface area contributed by atoms with Crippen LogP contribution < -0.4 is 16.0 Å². The largest absolute Gasteiger partial charge is 0.466 e. The third kappa shape index (κ3) is 25.8. The average Bonchev–Trinajstić information content (AvgIpc) is 3.14. The van der Waals surface area contributed by atoms with E-state index in [-0.39, 0.29) is 13.2 Å². The molecule has 0 aliphatic heterocycles. The summed E-state index contributed by atoms with van der Waals surface area (Å²) in [6, 6.07) is 5.23. The lowest BCUT2D eigenvalue weighted by Gasteiger charge is -2.30. The molecule has 0 heterocycles. The molecule has 10 nitrogen and oxygen atoms in total. The standard InChI is InChI=1S/3C12H23N.C3H8O3.H3O4P/c3*1-3-7-11(8-4-1)13-12-9-5-2-6-10-12;4-1-3(6)2-5;1-5(2,3)4/h3*11-13H,1-10H2;3-6H,1-2H2;(H3,1,2,3,4). The Labute approximate surface area is 306 Å². The number of aliphatic hydroxyl groups excluding tert-OH is 3. The molecular formula is C39H80N3O7P. The number of hydrogen-bond donors (Lipinski definition) is 9. The van der Waals surface area contributed by atoms with Crippen molar-refractivity contribution in [2.24, 2.45) is 0 Å². The van der Waals surface area contributed by atoms with Gasteiger partial charge in [0.2, 0.25) is 0 Å². The molecule has 6 saturated carbocycles. The third-order valence-corrected chi connectivity index (χ3v) is 11.5.